The van der Waals surface area contributed by atoms with E-state index in [0.717, 1.165) is 24.3 Å². The minimum atomic E-state index is -0.142. The molecule has 1 aromatic heterocycles. The molecule has 3 nitrogen and oxygen atoms in total. The zero-order valence-electron chi connectivity index (χ0n) is 11.2. The monoisotopic (exact) mass is 244 g/mol. The Balaban J connectivity index is 2.00. The van der Waals surface area contributed by atoms with Gasteiger partial charge in [-0.2, -0.15) is 0 Å². The number of pyridine rings is 1. The first-order chi connectivity index (χ1) is 8.61. The van der Waals surface area contributed by atoms with E-state index in [-0.39, 0.29) is 5.60 Å². The van der Waals surface area contributed by atoms with Gasteiger partial charge in [0.2, 0.25) is 0 Å². The van der Waals surface area contributed by atoms with E-state index in [1.165, 1.54) is 5.39 Å². The van der Waals surface area contributed by atoms with E-state index in [0.29, 0.717) is 0 Å². The van der Waals surface area contributed by atoms with E-state index in [9.17, 15) is 0 Å². The van der Waals surface area contributed by atoms with Crippen LogP contribution in [0.1, 0.15) is 19.5 Å². The third-order valence-electron chi connectivity index (χ3n) is 3.07. The Bertz CT molecular complexity index is 523. The Morgan fingerprint density at radius 3 is 2.72 bits per heavy atom. The summed E-state index contributed by atoms with van der Waals surface area (Å²) in [6.07, 6.45) is 0. The van der Waals surface area contributed by atoms with Crippen molar-refractivity contribution in [3.63, 3.8) is 0 Å². The molecule has 0 saturated heterocycles. The lowest BCUT2D eigenvalue weighted by molar-refractivity contribution is 0.0230. The van der Waals surface area contributed by atoms with Crippen LogP contribution in [0.15, 0.2) is 36.4 Å². The zero-order valence-corrected chi connectivity index (χ0v) is 11.2. The fraction of sp³-hybridized carbons (Fsp3) is 0.400. The fourth-order valence-corrected chi connectivity index (χ4v) is 1.77. The van der Waals surface area contributed by atoms with Gasteiger partial charge in [0.05, 0.1) is 16.8 Å². The summed E-state index contributed by atoms with van der Waals surface area (Å²) in [4.78, 5) is 4.62. The van der Waals surface area contributed by atoms with Crippen LogP contribution in [0.4, 0.5) is 0 Å². The molecule has 0 aliphatic carbocycles. The predicted molar refractivity (Wildman–Crippen MR) is 74.5 cm³/mol. The maximum Gasteiger partial charge on any atom is 0.0746 e. The summed E-state index contributed by atoms with van der Waals surface area (Å²) in [5.41, 5.74) is 1.96. The SMILES string of the molecule is COC(C)(C)CNCc1ccc2ccccc2n1. The smallest absolute Gasteiger partial charge is 0.0746 e. The Morgan fingerprint density at radius 1 is 1.17 bits per heavy atom. The predicted octanol–water partition coefficient (Wildman–Crippen LogP) is 2.75. The van der Waals surface area contributed by atoms with Crippen molar-refractivity contribution in [1.82, 2.24) is 10.3 Å². The molecule has 0 unspecified atom stereocenters. The molecule has 3 heteroatoms. The summed E-state index contributed by atoms with van der Waals surface area (Å²) in [5, 5.41) is 4.55. The van der Waals surface area contributed by atoms with Crippen molar-refractivity contribution in [3.05, 3.63) is 42.1 Å². The molecular formula is C15H20N2O. The summed E-state index contributed by atoms with van der Waals surface area (Å²) < 4.78 is 5.36. The summed E-state index contributed by atoms with van der Waals surface area (Å²) >= 11 is 0. The maximum atomic E-state index is 5.36. The van der Waals surface area contributed by atoms with E-state index >= 15 is 0 Å². The molecule has 0 aliphatic heterocycles. The summed E-state index contributed by atoms with van der Waals surface area (Å²) in [6.45, 7) is 5.69. The highest BCUT2D eigenvalue weighted by Gasteiger charge is 2.15. The van der Waals surface area contributed by atoms with Gasteiger partial charge in [-0.1, -0.05) is 24.3 Å². The average Bonchev–Trinajstić information content (AvgIpc) is 2.38. The van der Waals surface area contributed by atoms with Gasteiger partial charge < -0.3 is 10.1 Å². The van der Waals surface area contributed by atoms with Crippen LogP contribution in [-0.4, -0.2) is 24.2 Å². The van der Waals surface area contributed by atoms with Gasteiger partial charge in [0.1, 0.15) is 0 Å². The first kappa shape index (κ1) is 13.0. The minimum Gasteiger partial charge on any atom is -0.377 e. The van der Waals surface area contributed by atoms with Crippen LogP contribution in [-0.2, 0) is 11.3 Å². The van der Waals surface area contributed by atoms with E-state index in [1.54, 1.807) is 7.11 Å². The molecule has 0 saturated carbocycles. The molecule has 0 bridgehead atoms. The number of para-hydroxylation sites is 1. The Morgan fingerprint density at radius 2 is 1.94 bits per heavy atom. The highest BCUT2D eigenvalue weighted by atomic mass is 16.5. The normalized spacial score (nSPS) is 11.9. The third-order valence-corrected chi connectivity index (χ3v) is 3.07. The number of aromatic nitrogens is 1. The molecule has 2 aromatic rings. The minimum absolute atomic E-state index is 0.142. The number of methoxy groups -OCH3 is 1. The second kappa shape index (κ2) is 5.46. The Labute approximate surface area is 108 Å². The van der Waals surface area contributed by atoms with Crippen molar-refractivity contribution in [2.45, 2.75) is 26.0 Å². The molecule has 18 heavy (non-hydrogen) atoms. The lowest BCUT2D eigenvalue weighted by Crippen LogP contribution is -2.36. The molecule has 0 aliphatic rings. The molecule has 0 radical (unpaired) electrons. The summed E-state index contributed by atoms with van der Waals surface area (Å²) in [6, 6.07) is 12.3. The van der Waals surface area contributed by atoms with Crippen molar-refractivity contribution in [2.24, 2.45) is 0 Å². The molecule has 0 spiro atoms. The number of rotatable bonds is 5. The second-order valence-electron chi connectivity index (χ2n) is 5.06. The molecule has 2 rings (SSSR count). The second-order valence-corrected chi connectivity index (χ2v) is 5.06. The van der Waals surface area contributed by atoms with Crippen LogP contribution in [0.25, 0.3) is 10.9 Å². The molecule has 0 amide bonds. The van der Waals surface area contributed by atoms with Gasteiger partial charge in [-0.15, -0.1) is 0 Å². The fourth-order valence-electron chi connectivity index (χ4n) is 1.77. The van der Waals surface area contributed by atoms with Gasteiger partial charge in [0.25, 0.3) is 0 Å². The third kappa shape index (κ3) is 3.28. The number of hydrogen-bond acceptors (Lipinski definition) is 3. The van der Waals surface area contributed by atoms with E-state index in [1.807, 2.05) is 18.2 Å². The largest absolute Gasteiger partial charge is 0.377 e. The first-order valence-corrected chi connectivity index (χ1v) is 6.21. The van der Waals surface area contributed by atoms with Crippen LogP contribution in [0, 0.1) is 0 Å². The van der Waals surface area contributed by atoms with Crippen LogP contribution in [0.5, 0.6) is 0 Å². The maximum absolute atomic E-state index is 5.36. The quantitative estimate of drug-likeness (QED) is 0.878. The lowest BCUT2D eigenvalue weighted by atomic mass is 10.1. The van der Waals surface area contributed by atoms with Crippen molar-refractivity contribution >= 4 is 10.9 Å². The van der Waals surface area contributed by atoms with E-state index in [2.05, 4.69) is 42.3 Å². The Kier molecular flexibility index (Phi) is 3.94. The van der Waals surface area contributed by atoms with Gasteiger partial charge in [-0.05, 0) is 26.0 Å². The molecule has 0 atom stereocenters. The van der Waals surface area contributed by atoms with Gasteiger partial charge in [-0.3, -0.25) is 4.98 Å². The standard InChI is InChI=1S/C15H20N2O/c1-15(2,18-3)11-16-10-13-9-8-12-6-4-5-7-14(12)17-13/h4-9,16H,10-11H2,1-3H3. The molecule has 1 N–H and O–H groups in total. The topological polar surface area (TPSA) is 34.1 Å². The Hall–Kier alpha value is -1.45. The van der Waals surface area contributed by atoms with Crippen LogP contribution in [0.2, 0.25) is 0 Å². The summed E-state index contributed by atoms with van der Waals surface area (Å²) in [5.74, 6) is 0. The number of fused-ring (bicyclic) bond motifs is 1. The zero-order chi connectivity index (χ0) is 13.0. The van der Waals surface area contributed by atoms with Gasteiger partial charge in [0.15, 0.2) is 0 Å². The van der Waals surface area contributed by atoms with Crippen molar-refractivity contribution in [2.75, 3.05) is 13.7 Å². The van der Waals surface area contributed by atoms with E-state index in [4.69, 9.17) is 4.74 Å². The number of benzene rings is 1. The highest BCUT2D eigenvalue weighted by molar-refractivity contribution is 5.78. The van der Waals surface area contributed by atoms with E-state index < -0.39 is 0 Å². The van der Waals surface area contributed by atoms with Crippen molar-refractivity contribution < 1.29 is 4.74 Å². The number of hydrogen-bond donors (Lipinski definition) is 1. The van der Waals surface area contributed by atoms with Crippen LogP contribution < -0.4 is 5.32 Å². The van der Waals surface area contributed by atoms with Crippen molar-refractivity contribution in [1.29, 1.82) is 0 Å². The molecule has 96 valence electrons. The number of nitrogens with zero attached hydrogens (tertiary/aromatic N) is 1. The average molecular weight is 244 g/mol. The number of nitrogens with one attached hydrogen (secondary N) is 1. The summed E-state index contributed by atoms with van der Waals surface area (Å²) in [7, 11) is 1.73. The molecular weight excluding hydrogens is 224 g/mol. The molecule has 1 heterocycles. The van der Waals surface area contributed by atoms with Crippen LogP contribution >= 0.6 is 0 Å². The lowest BCUT2D eigenvalue weighted by Gasteiger charge is -2.23. The van der Waals surface area contributed by atoms with Gasteiger partial charge >= 0.3 is 0 Å². The van der Waals surface area contributed by atoms with Gasteiger partial charge in [0, 0.05) is 25.6 Å². The first-order valence-electron chi connectivity index (χ1n) is 6.21. The number of ether oxygens (including phenoxy) is 1. The molecule has 0 fully saturated rings. The van der Waals surface area contributed by atoms with Gasteiger partial charge in [-0.25, -0.2) is 0 Å². The molecule has 1 aromatic carbocycles. The highest BCUT2D eigenvalue weighted by Crippen LogP contribution is 2.12. The van der Waals surface area contributed by atoms with Crippen LogP contribution in [0.3, 0.4) is 0 Å². The van der Waals surface area contributed by atoms with Crippen molar-refractivity contribution in [3.8, 4) is 0 Å².